The van der Waals surface area contributed by atoms with Gasteiger partial charge < -0.3 is 0 Å². The van der Waals surface area contributed by atoms with Crippen molar-refractivity contribution in [3.8, 4) is 0 Å². The number of aryl methyl sites for hydroxylation is 1. The summed E-state index contributed by atoms with van der Waals surface area (Å²) in [5.74, 6) is 0. The molecule has 0 saturated heterocycles. The van der Waals surface area contributed by atoms with Crippen LogP contribution in [0.25, 0.3) is 0 Å². The Morgan fingerprint density at radius 2 is 1.89 bits per heavy atom. The summed E-state index contributed by atoms with van der Waals surface area (Å²) in [4.78, 5) is 9.84. The second-order valence-corrected chi connectivity index (χ2v) is 5.44. The van der Waals surface area contributed by atoms with E-state index >= 15 is 0 Å². The number of hydrogen-bond acceptors (Lipinski definition) is 5. The van der Waals surface area contributed by atoms with Crippen LogP contribution < -0.4 is 0 Å². The molecule has 0 spiro atoms. The lowest BCUT2D eigenvalue weighted by Gasteiger charge is -2.03. The van der Waals surface area contributed by atoms with Gasteiger partial charge in [0, 0.05) is 18.3 Å². The summed E-state index contributed by atoms with van der Waals surface area (Å²) in [7, 11) is -3.78. The van der Waals surface area contributed by atoms with E-state index < -0.39 is 14.9 Å². The number of rotatable bonds is 3. The fourth-order valence-corrected chi connectivity index (χ4v) is 2.54. The van der Waals surface area contributed by atoms with Crippen molar-refractivity contribution in [3.05, 3.63) is 52.3 Å². The van der Waals surface area contributed by atoms with Crippen molar-refractivity contribution in [2.45, 2.75) is 11.8 Å². The summed E-state index contributed by atoms with van der Waals surface area (Å²) in [5.41, 5.74) is 0.547. The first kappa shape index (κ1) is 12.2. The molecule has 0 N–H and O–H groups in total. The molecule has 0 atom stereocenters. The van der Waals surface area contributed by atoms with Gasteiger partial charge in [0.25, 0.3) is 15.7 Å². The Bertz CT molecular complexity index is 688. The Labute approximate surface area is 103 Å². The molecule has 0 radical (unpaired) electrons. The third-order valence-corrected chi connectivity index (χ3v) is 3.84. The zero-order valence-electron chi connectivity index (χ0n) is 9.35. The maximum absolute atomic E-state index is 12.1. The molecule has 0 bridgehead atoms. The lowest BCUT2D eigenvalue weighted by atomic mass is 10.3. The van der Waals surface area contributed by atoms with Crippen molar-refractivity contribution < 1.29 is 13.3 Å². The van der Waals surface area contributed by atoms with Crippen LogP contribution in [0.3, 0.4) is 0 Å². The SMILES string of the molecule is Cc1cnn(S(=O)(=O)c2ccc([N+](=O)[O-])cc2)c1. The topological polar surface area (TPSA) is 95.1 Å². The van der Waals surface area contributed by atoms with E-state index in [1.165, 1.54) is 24.5 Å². The van der Waals surface area contributed by atoms with E-state index in [4.69, 9.17) is 0 Å². The van der Waals surface area contributed by atoms with Crippen molar-refractivity contribution in [3.63, 3.8) is 0 Å². The quantitative estimate of drug-likeness (QED) is 0.617. The standard InChI is InChI=1S/C10H9N3O4S/c1-8-6-11-12(7-8)18(16,17)10-4-2-9(3-5-10)13(14)15/h2-7H,1H3. The van der Waals surface area contributed by atoms with E-state index in [1.807, 2.05) is 0 Å². The van der Waals surface area contributed by atoms with E-state index in [2.05, 4.69) is 5.10 Å². The average molecular weight is 267 g/mol. The molecular formula is C10H9N3O4S. The number of aromatic nitrogens is 2. The molecule has 2 aromatic rings. The van der Waals surface area contributed by atoms with Crippen LogP contribution in [0.4, 0.5) is 5.69 Å². The molecule has 0 amide bonds. The minimum absolute atomic E-state index is 0.0452. The lowest BCUT2D eigenvalue weighted by Crippen LogP contribution is -2.13. The molecule has 1 heterocycles. The molecule has 18 heavy (non-hydrogen) atoms. The number of nitro benzene ring substituents is 1. The first-order valence-corrected chi connectivity index (χ1v) is 6.36. The van der Waals surface area contributed by atoms with Crippen LogP contribution in [0.2, 0.25) is 0 Å². The fraction of sp³-hybridized carbons (Fsp3) is 0.100. The van der Waals surface area contributed by atoms with Crippen LogP contribution >= 0.6 is 0 Å². The van der Waals surface area contributed by atoms with Crippen molar-refractivity contribution >= 4 is 15.7 Å². The molecule has 94 valence electrons. The van der Waals surface area contributed by atoms with Crippen LogP contribution in [0.15, 0.2) is 41.6 Å². The molecule has 0 saturated carbocycles. The van der Waals surface area contributed by atoms with Gasteiger partial charge >= 0.3 is 0 Å². The Hall–Kier alpha value is -2.22. The first-order chi connectivity index (χ1) is 8.41. The molecule has 0 fully saturated rings. The number of non-ortho nitro benzene ring substituents is 1. The Kier molecular flexibility index (Phi) is 2.87. The highest BCUT2D eigenvalue weighted by Crippen LogP contribution is 2.17. The molecule has 0 aliphatic heterocycles. The zero-order valence-corrected chi connectivity index (χ0v) is 10.2. The smallest absolute Gasteiger partial charge is 0.258 e. The summed E-state index contributed by atoms with van der Waals surface area (Å²) < 4.78 is 25.0. The molecule has 0 aliphatic rings. The fourth-order valence-electron chi connectivity index (χ4n) is 1.37. The molecule has 1 aromatic carbocycles. The highest BCUT2D eigenvalue weighted by atomic mass is 32.2. The molecular weight excluding hydrogens is 258 g/mol. The van der Waals surface area contributed by atoms with E-state index in [0.717, 1.165) is 16.2 Å². The molecule has 8 heteroatoms. The highest BCUT2D eigenvalue weighted by molar-refractivity contribution is 7.89. The lowest BCUT2D eigenvalue weighted by molar-refractivity contribution is -0.384. The molecule has 0 unspecified atom stereocenters. The number of nitrogens with zero attached hydrogens (tertiary/aromatic N) is 3. The summed E-state index contributed by atoms with van der Waals surface area (Å²) in [5, 5.41) is 14.2. The van der Waals surface area contributed by atoms with Crippen LogP contribution in [0.5, 0.6) is 0 Å². The van der Waals surface area contributed by atoms with Gasteiger partial charge in [-0.3, -0.25) is 10.1 Å². The summed E-state index contributed by atoms with van der Waals surface area (Å²) in [6, 6.07) is 4.65. The maximum Gasteiger partial charge on any atom is 0.282 e. The Morgan fingerprint density at radius 1 is 1.28 bits per heavy atom. The first-order valence-electron chi connectivity index (χ1n) is 4.92. The van der Waals surface area contributed by atoms with Gasteiger partial charge in [-0.25, -0.2) is 0 Å². The van der Waals surface area contributed by atoms with Gasteiger partial charge in [-0.15, -0.1) is 0 Å². The predicted octanol–water partition coefficient (Wildman–Crippen LogP) is 1.34. The average Bonchev–Trinajstić information content (AvgIpc) is 2.76. The number of nitro groups is 1. The van der Waals surface area contributed by atoms with Gasteiger partial charge in [0.1, 0.15) is 0 Å². The van der Waals surface area contributed by atoms with Crippen molar-refractivity contribution in [2.75, 3.05) is 0 Å². The Morgan fingerprint density at radius 3 is 2.33 bits per heavy atom. The van der Waals surface area contributed by atoms with Gasteiger partial charge in [-0.05, 0) is 24.6 Å². The highest BCUT2D eigenvalue weighted by Gasteiger charge is 2.18. The van der Waals surface area contributed by atoms with Crippen molar-refractivity contribution in [1.29, 1.82) is 0 Å². The number of hydrogen-bond donors (Lipinski definition) is 0. The van der Waals surface area contributed by atoms with Gasteiger partial charge in [-0.1, -0.05) is 0 Å². The largest absolute Gasteiger partial charge is 0.282 e. The summed E-state index contributed by atoms with van der Waals surface area (Å²) >= 11 is 0. The number of benzene rings is 1. The minimum Gasteiger partial charge on any atom is -0.258 e. The van der Waals surface area contributed by atoms with E-state index in [9.17, 15) is 18.5 Å². The van der Waals surface area contributed by atoms with Gasteiger partial charge in [0.05, 0.1) is 16.0 Å². The van der Waals surface area contributed by atoms with Crippen molar-refractivity contribution in [2.24, 2.45) is 0 Å². The van der Waals surface area contributed by atoms with Crippen molar-refractivity contribution in [1.82, 2.24) is 9.19 Å². The normalized spacial score (nSPS) is 11.4. The summed E-state index contributed by atoms with van der Waals surface area (Å²) in [6.45, 7) is 1.72. The minimum atomic E-state index is -3.78. The molecule has 7 nitrogen and oxygen atoms in total. The summed E-state index contributed by atoms with van der Waals surface area (Å²) in [6.07, 6.45) is 2.79. The van der Waals surface area contributed by atoms with Gasteiger partial charge in [0.15, 0.2) is 0 Å². The second-order valence-electron chi connectivity index (χ2n) is 3.65. The third-order valence-electron chi connectivity index (χ3n) is 2.28. The molecule has 2 rings (SSSR count). The second kappa shape index (κ2) is 4.22. The van der Waals surface area contributed by atoms with Crippen LogP contribution in [-0.2, 0) is 10.0 Å². The third kappa shape index (κ3) is 2.09. The monoisotopic (exact) mass is 267 g/mol. The van der Waals surface area contributed by atoms with E-state index in [1.54, 1.807) is 6.92 Å². The predicted molar refractivity (Wildman–Crippen MR) is 62.6 cm³/mol. The van der Waals surface area contributed by atoms with E-state index in [0.29, 0.717) is 5.56 Å². The molecule has 1 aromatic heterocycles. The van der Waals surface area contributed by atoms with Crippen LogP contribution in [0, 0.1) is 17.0 Å². The van der Waals surface area contributed by atoms with E-state index in [-0.39, 0.29) is 10.6 Å². The zero-order chi connectivity index (χ0) is 13.3. The van der Waals surface area contributed by atoms with Gasteiger partial charge in [-0.2, -0.15) is 17.6 Å². The van der Waals surface area contributed by atoms with Gasteiger partial charge in [0.2, 0.25) is 0 Å². The maximum atomic E-state index is 12.1. The van der Waals surface area contributed by atoms with Crippen LogP contribution in [0.1, 0.15) is 5.56 Å². The van der Waals surface area contributed by atoms with Crippen LogP contribution in [-0.4, -0.2) is 22.5 Å². The Balaban J connectivity index is 2.45. The molecule has 0 aliphatic carbocycles.